The molecule has 2 aromatic heterocycles. The normalized spacial score (nSPS) is 13.2. The second kappa shape index (κ2) is 7.32. The van der Waals surface area contributed by atoms with Crippen LogP contribution in [0.25, 0.3) is 10.2 Å². The zero-order chi connectivity index (χ0) is 18.3. The van der Waals surface area contributed by atoms with E-state index in [9.17, 15) is 9.59 Å². The Hall–Kier alpha value is -1.39. The summed E-state index contributed by atoms with van der Waals surface area (Å²) in [6.45, 7) is 0. The molecule has 0 unspecified atom stereocenters. The van der Waals surface area contributed by atoms with Gasteiger partial charge in [-0.05, 0) is 65.6 Å². The highest BCUT2D eigenvalue weighted by atomic mass is 127. The van der Waals surface area contributed by atoms with Crippen LogP contribution in [0.2, 0.25) is 0 Å². The summed E-state index contributed by atoms with van der Waals surface area (Å²) in [6.07, 6.45) is 3.13. The molecule has 1 aliphatic rings. The van der Waals surface area contributed by atoms with Crippen LogP contribution >= 0.6 is 45.7 Å². The molecule has 1 N–H and O–H groups in total. The number of thioether (sulfide) groups is 1. The van der Waals surface area contributed by atoms with Crippen molar-refractivity contribution in [3.8, 4) is 0 Å². The van der Waals surface area contributed by atoms with E-state index in [1.165, 1.54) is 22.2 Å². The first-order valence-corrected chi connectivity index (χ1v) is 11.1. The van der Waals surface area contributed by atoms with Gasteiger partial charge in [-0.2, -0.15) is 0 Å². The molecule has 0 saturated heterocycles. The third-order valence-corrected chi connectivity index (χ3v) is 7.23. The van der Waals surface area contributed by atoms with Crippen molar-refractivity contribution in [2.75, 3.05) is 11.1 Å². The summed E-state index contributed by atoms with van der Waals surface area (Å²) in [6, 6.07) is 7.65. The smallest absolute Gasteiger partial charge is 0.262 e. The predicted molar refractivity (Wildman–Crippen MR) is 115 cm³/mol. The van der Waals surface area contributed by atoms with Gasteiger partial charge in [-0.25, -0.2) is 4.98 Å². The number of hydrogen-bond donors (Lipinski definition) is 1. The van der Waals surface area contributed by atoms with Gasteiger partial charge in [-0.15, -0.1) is 11.3 Å². The fourth-order valence-electron chi connectivity index (χ4n) is 3.13. The molecule has 1 aliphatic carbocycles. The van der Waals surface area contributed by atoms with Gasteiger partial charge in [-0.3, -0.25) is 14.2 Å². The quantitative estimate of drug-likeness (QED) is 0.338. The van der Waals surface area contributed by atoms with Gasteiger partial charge in [0.05, 0.1) is 11.1 Å². The SMILES string of the molecule is Cn1c(SCC(=O)Nc2cccc(I)c2)nc2sc3c(c2c1=O)CCC3. The lowest BCUT2D eigenvalue weighted by Crippen LogP contribution is -2.21. The van der Waals surface area contributed by atoms with Gasteiger partial charge in [0, 0.05) is 21.2 Å². The van der Waals surface area contributed by atoms with Crippen LogP contribution in [0.4, 0.5) is 5.69 Å². The van der Waals surface area contributed by atoms with E-state index in [4.69, 9.17) is 0 Å². The molecule has 0 atom stereocenters. The van der Waals surface area contributed by atoms with Crippen LogP contribution in [0.15, 0.2) is 34.2 Å². The van der Waals surface area contributed by atoms with Crippen molar-refractivity contribution in [3.63, 3.8) is 0 Å². The third-order valence-electron chi connectivity index (χ3n) is 4.35. The molecule has 3 aromatic rings. The maximum absolute atomic E-state index is 12.8. The molecule has 1 amide bonds. The molecule has 26 heavy (non-hydrogen) atoms. The summed E-state index contributed by atoms with van der Waals surface area (Å²) in [4.78, 5) is 31.7. The standard InChI is InChI=1S/C18H16IN3O2S2/c1-22-17(24)15-12-6-3-7-13(12)26-16(15)21-18(22)25-9-14(23)20-11-5-2-4-10(19)8-11/h2,4-5,8H,3,6-7,9H2,1H3,(H,20,23). The summed E-state index contributed by atoms with van der Waals surface area (Å²) < 4.78 is 2.63. The average Bonchev–Trinajstić information content (AvgIpc) is 3.17. The van der Waals surface area contributed by atoms with Crippen molar-refractivity contribution >= 4 is 67.5 Å². The first-order chi connectivity index (χ1) is 12.5. The minimum absolute atomic E-state index is 0.00470. The van der Waals surface area contributed by atoms with E-state index in [1.54, 1.807) is 23.0 Å². The Morgan fingerprint density at radius 2 is 2.27 bits per heavy atom. The molecule has 8 heteroatoms. The molecular formula is C18H16IN3O2S2. The minimum Gasteiger partial charge on any atom is -0.325 e. The summed E-state index contributed by atoms with van der Waals surface area (Å²) in [7, 11) is 1.73. The third kappa shape index (κ3) is 3.41. The Bertz CT molecular complexity index is 1070. The monoisotopic (exact) mass is 497 g/mol. The van der Waals surface area contributed by atoms with E-state index >= 15 is 0 Å². The molecule has 5 nitrogen and oxygen atoms in total. The van der Waals surface area contributed by atoms with Crippen molar-refractivity contribution in [3.05, 3.63) is 48.6 Å². The van der Waals surface area contributed by atoms with E-state index < -0.39 is 0 Å². The molecule has 4 rings (SSSR count). The van der Waals surface area contributed by atoms with Gasteiger partial charge in [0.25, 0.3) is 5.56 Å². The number of aromatic nitrogens is 2. The van der Waals surface area contributed by atoms with Crippen molar-refractivity contribution in [1.29, 1.82) is 0 Å². The lowest BCUT2D eigenvalue weighted by molar-refractivity contribution is -0.113. The Labute approximate surface area is 172 Å². The van der Waals surface area contributed by atoms with Gasteiger partial charge >= 0.3 is 0 Å². The fourth-order valence-corrected chi connectivity index (χ4v) is 5.75. The van der Waals surface area contributed by atoms with E-state index in [1.807, 2.05) is 24.3 Å². The summed E-state index contributed by atoms with van der Waals surface area (Å²) >= 11 is 5.12. The fraction of sp³-hybridized carbons (Fsp3) is 0.278. The van der Waals surface area contributed by atoms with Crippen LogP contribution < -0.4 is 10.9 Å². The highest BCUT2D eigenvalue weighted by Gasteiger charge is 2.22. The number of rotatable bonds is 4. The molecule has 0 spiro atoms. The molecule has 0 aliphatic heterocycles. The lowest BCUT2D eigenvalue weighted by atomic mass is 10.2. The molecule has 0 fully saturated rings. The Morgan fingerprint density at radius 3 is 3.08 bits per heavy atom. The predicted octanol–water partition coefficient (Wildman–Crippen LogP) is 3.82. The molecule has 1 aromatic carbocycles. The zero-order valence-electron chi connectivity index (χ0n) is 14.0. The first-order valence-electron chi connectivity index (χ1n) is 8.22. The number of carbonyl (C=O) groups is 1. The number of aryl methyl sites for hydroxylation is 2. The van der Waals surface area contributed by atoms with E-state index in [-0.39, 0.29) is 17.2 Å². The topological polar surface area (TPSA) is 64.0 Å². The van der Waals surface area contributed by atoms with Crippen LogP contribution in [0.3, 0.4) is 0 Å². The maximum atomic E-state index is 12.8. The number of nitrogens with zero attached hydrogens (tertiary/aromatic N) is 2. The van der Waals surface area contributed by atoms with Gasteiger partial charge in [0.2, 0.25) is 5.91 Å². The molecular weight excluding hydrogens is 481 g/mol. The van der Waals surface area contributed by atoms with Crippen molar-refractivity contribution in [1.82, 2.24) is 9.55 Å². The number of nitrogens with one attached hydrogen (secondary N) is 1. The largest absolute Gasteiger partial charge is 0.325 e. The Kier molecular flexibility index (Phi) is 5.07. The number of fused-ring (bicyclic) bond motifs is 3. The number of hydrogen-bond acceptors (Lipinski definition) is 5. The number of carbonyl (C=O) groups excluding carboxylic acids is 1. The van der Waals surface area contributed by atoms with Gasteiger partial charge < -0.3 is 5.32 Å². The molecule has 0 bridgehead atoms. The second-order valence-corrected chi connectivity index (χ2v) is 9.41. The number of thiophene rings is 1. The molecule has 0 saturated carbocycles. The van der Waals surface area contributed by atoms with Crippen molar-refractivity contribution in [2.24, 2.45) is 7.05 Å². The second-order valence-electron chi connectivity index (χ2n) is 6.14. The van der Waals surface area contributed by atoms with Gasteiger partial charge in [-0.1, -0.05) is 17.8 Å². The summed E-state index contributed by atoms with van der Waals surface area (Å²) in [5.74, 6) is 0.0996. The summed E-state index contributed by atoms with van der Waals surface area (Å²) in [5, 5.41) is 4.24. The Balaban J connectivity index is 1.53. The van der Waals surface area contributed by atoms with Crippen molar-refractivity contribution in [2.45, 2.75) is 24.4 Å². The number of anilines is 1. The van der Waals surface area contributed by atoms with Gasteiger partial charge in [0.15, 0.2) is 5.16 Å². The highest BCUT2D eigenvalue weighted by Crippen LogP contribution is 2.35. The van der Waals surface area contributed by atoms with Crippen LogP contribution in [0, 0.1) is 3.57 Å². The van der Waals surface area contributed by atoms with Crippen LogP contribution in [-0.4, -0.2) is 21.2 Å². The number of amides is 1. The van der Waals surface area contributed by atoms with Gasteiger partial charge in [0.1, 0.15) is 4.83 Å². The Morgan fingerprint density at radius 1 is 1.42 bits per heavy atom. The van der Waals surface area contributed by atoms with Crippen molar-refractivity contribution < 1.29 is 4.79 Å². The zero-order valence-corrected chi connectivity index (χ0v) is 17.8. The van der Waals surface area contributed by atoms with Crippen LogP contribution in [0.5, 0.6) is 0 Å². The lowest BCUT2D eigenvalue weighted by Gasteiger charge is -2.08. The molecule has 0 radical (unpaired) electrons. The summed E-state index contributed by atoms with van der Waals surface area (Å²) in [5.41, 5.74) is 1.95. The van der Waals surface area contributed by atoms with E-state index in [0.29, 0.717) is 5.16 Å². The number of benzene rings is 1. The van der Waals surface area contributed by atoms with E-state index in [0.717, 1.165) is 38.7 Å². The number of halogens is 1. The maximum Gasteiger partial charge on any atom is 0.262 e. The van der Waals surface area contributed by atoms with Crippen LogP contribution in [0.1, 0.15) is 16.9 Å². The average molecular weight is 497 g/mol. The molecule has 2 heterocycles. The highest BCUT2D eigenvalue weighted by molar-refractivity contribution is 14.1. The van der Waals surface area contributed by atoms with E-state index in [2.05, 4.69) is 32.9 Å². The van der Waals surface area contributed by atoms with Crippen LogP contribution in [-0.2, 0) is 24.7 Å². The molecule has 134 valence electrons. The first kappa shape index (κ1) is 18.0. The minimum atomic E-state index is -0.111.